The van der Waals surface area contributed by atoms with E-state index in [9.17, 15) is 4.79 Å². The van der Waals surface area contributed by atoms with E-state index >= 15 is 0 Å². The van der Waals surface area contributed by atoms with Gasteiger partial charge in [-0.15, -0.1) is 0 Å². The molecule has 1 aromatic rings. The lowest BCUT2D eigenvalue weighted by Crippen LogP contribution is -2.33. The summed E-state index contributed by atoms with van der Waals surface area (Å²) in [6.07, 6.45) is 7.83. The van der Waals surface area contributed by atoms with Crippen molar-refractivity contribution in [3.63, 3.8) is 0 Å². The van der Waals surface area contributed by atoms with Crippen LogP contribution in [0.15, 0.2) is 22.9 Å². The van der Waals surface area contributed by atoms with Gasteiger partial charge in [-0.25, -0.2) is 0 Å². The molecule has 0 aromatic carbocycles. The van der Waals surface area contributed by atoms with E-state index in [0.29, 0.717) is 6.04 Å². The summed E-state index contributed by atoms with van der Waals surface area (Å²) in [5, 5.41) is 7.09. The molecular weight excluding hydrogens is 230 g/mol. The molecule has 1 N–H and O–H groups in total. The van der Waals surface area contributed by atoms with Crippen LogP contribution in [0.25, 0.3) is 6.08 Å². The lowest BCUT2D eigenvalue weighted by molar-refractivity contribution is -0.117. The van der Waals surface area contributed by atoms with Gasteiger partial charge >= 0.3 is 0 Å². The van der Waals surface area contributed by atoms with Crippen molar-refractivity contribution in [3.05, 3.63) is 28.5 Å². The average molecular weight is 251 g/mol. The zero-order chi connectivity index (χ0) is 12.5. The lowest BCUT2D eigenvalue weighted by Gasteiger charge is -2.15. The van der Waals surface area contributed by atoms with E-state index in [1.54, 1.807) is 17.4 Å². The summed E-state index contributed by atoms with van der Waals surface area (Å²) in [6.45, 7) is 4.30. The molecule has 0 aliphatic heterocycles. The monoisotopic (exact) mass is 251 g/mol. The van der Waals surface area contributed by atoms with Crippen LogP contribution in [0.3, 0.4) is 0 Å². The second-order valence-electron chi connectivity index (χ2n) is 4.17. The standard InChI is InChI=1S/C14H21NOS/c1-3-5-13(6-4-2)15-14(16)8-7-12-9-10-17-11-12/h7-11,13H,3-6H2,1-2H3,(H,15,16). The van der Waals surface area contributed by atoms with Crippen molar-refractivity contribution in [2.45, 2.75) is 45.6 Å². The number of thiophene rings is 1. The second kappa shape index (κ2) is 8.07. The van der Waals surface area contributed by atoms with Crippen LogP contribution in [0.1, 0.15) is 45.1 Å². The van der Waals surface area contributed by atoms with Crippen LogP contribution in [-0.2, 0) is 4.79 Å². The van der Waals surface area contributed by atoms with E-state index in [1.807, 2.05) is 22.9 Å². The highest BCUT2D eigenvalue weighted by atomic mass is 32.1. The third kappa shape index (κ3) is 5.68. The molecule has 0 fully saturated rings. The fourth-order valence-corrected chi connectivity index (χ4v) is 2.41. The van der Waals surface area contributed by atoms with Crippen molar-refractivity contribution in [2.75, 3.05) is 0 Å². The first kappa shape index (κ1) is 14.0. The molecule has 0 saturated carbocycles. The first-order valence-electron chi connectivity index (χ1n) is 6.27. The molecule has 0 spiro atoms. The van der Waals surface area contributed by atoms with E-state index < -0.39 is 0 Å². The molecule has 0 unspecified atom stereocenters. The summed E-state index contributed by atoms with van der Waals surface area (Å²) < 4.78 is 0. The predicted molar refractivity (Wildman–Crippen MR) is 75.1 cm³/mol. The SMILES string of the molecule is CCCC(CCC)NC(=O)C=Cc1ccsc1. The molecule has 0 radical (unpaired) electrons. The number of carbonyl (C=O) groups is 1. The highest BCUT2D eigenvalue weighted by Gasteiger charge is 2.07. The highest BCUT2D eigenvalue weighted by molar-refractivity contribution is 7.08. The molecule has 1 rings (SSSR count). The summed E-state index contributed by atoms with van der Waals surface area (Å²) in [6, 6.07) is 2.33. The molecule has 2 nitrogen and oxygen atoms in total. The van der Waals surface area contributed by atoms with Gasteiger partial charge in [-0.05, 0) is 41.3 Å². The number of rotatable bonds is 7. The minimum Gasteiger partial charge on any atom is -0.350 e. The molecule has 3 heteroatoms. The van der Waals surface area contributed by atoms with Gasteiger partial charge in [0.1, 0.15) is 0 Å². The van der Waals surface area contributed by atoms with E-state index in [4.69, 9.17) is 0 Å². The van der Waals surface area contributed by atoms with Gasteiger partial charge in [-0.3, -0.25) is 4.79 Å². The van der Waals surface area contributed by atoms with Gasteiger partial charge in [0.25, 0.3) is 0 Å². The summed E-state index contributed by atoms with van der Waals surface area (Å²) >= 11 is 1.64. The molecule has 1 heterocycles. The predicted octanol–water partition coefficient (Wildman–Crippen LogP) is 3.85. The normalized spacial score (nSPS) is 11.2. The Morgan fingerprint density at radius 1 is 1.41 bits per heavy atom. The van der Waals surface area contributed by atoms with Gasteiger partial charge in [0, 0.05) is 12.1 Å². The number of carbonyl (C=O) groups excluding carboxylic acids is 1. The van der Waals surface area contributed by atoms with Crippen molar-refractivity contribution in [2.24, 2.45) is 0 Å². The van der Waals surface area contributed by atoms with E-state index in [-0.39, 0.29) is 5.91 Å². The van der Waals surface area contributed by atoms with Crippen molar-refractivity contribution in [1.82, 2.24) is 5.32 Å². The minimum atomic E-state index is 0.0168. The Kier molecular flexibility index (Phi) is 6.63. The van der Waals surface area contributed by atoms with Crippen LogP contribution < -0.4 is 5.32 Å². The van der Waals surface area contributed by atoms with E-state index in [2.05, 4.69) is 19.2 Å². The van der Waals surface area contributed by atoms with E-state index in [0.717, 1.165) is 31.2 Å². The zero-order valence-electron chi connectivity index (χ0n) is 10.6. The van der Waals surface area contributed by atoms with Crippen LogP contribution in [0.4, 0.5) is 0 Å². The number of nitrogens with one attached hydrogen (secondary N) is 1. The summed E-state index contributed by atoms with van der Waals surface area (Å²) in [7, 11) is 0. The van der Waals surface area contributed by atoms with Crippen LogP contribution in [0.2, 0.25) is 0 Å². The van der Waals surface area contributed by atoms with Crippen LogP contribution >= 0.6 is 11.3 Å². The van der Waals surface area contributed by atoms with Crippen LogP contribution in [0.5, 0.6) is 0 Å². The van der Waals surface area contributed by atoms with Gasteiger partial charge in [-0.2, -0.15) is 11.3 Å². The van der Waals surface area contributed by atoms with Gasteiger partial charge in [-0.1, -0.05) is 26.7 Å². The molecule has 0 saturated heterocycles. The Balaban J connectivity index is 2.41. The van der Waals surface area contributed by atoms with Gasteiger partial charge in [0.05, 0.1) is 0 Å². The van der Waals surface area contributed by atoms with Crippen molar-refractivity contribution >= 4 is 23.3 Å². The Labute approximate surface area is 108 Å². The molecule has 1 amide bonds. The van der Waals surface area contributed by atoms with Gasteiger partial charge in [0.15, 0.2) is 0 Å². The summed E-state index contributed by atoms with van der Waals surface area (Å²) in [5.41, 5.74) is 1.09. The fraction of sp³-hybridized carbons (Fsp3) is 0.500. The molecular formula is C14H21NOS. The van der Waals surface area contributed by atoms with Crippen molar-refractivity contribution in [1.29, 1.82) is 0 Å². The Morgan fingerprint density at radius 2 is 2.12 bits per heavy atom. The fourth-order valence-electron chi connectivity index (χ4n) is 1.78. The summed E-state index contributed by atoms with van der Waals surface area (Å²) in [4.78, 5) is 11.7. The maximum absolute atomic E-state index is 11.7. The topological polar surface area (TPSA) is 29.1 Å². The molecule has 1 aromatic heterocycles. The van der Waals surface area contributed by atoms with Crippen LogP contribution in [-0.4, -0.2) is 11.9 Å². The van der Waals surface area contributed by atoms with Gasteiger partial charge < -0.3 is 5.32 Å². The Bertz CT molecular complexity index is 337. The maximum atomic E-state index is 11.7. The Morgan fingerprint density at radius 3 is 2.65 bits per heavy atom. The number of amides is 1. The third-order valence-electron chi connectivity index (χ3n) is 2.59. The molecule has 0 atom stereocenters. The largest absolute Gasteiger partial charge is 0.350 e. The first-order valence-corrected chi connectivity index (χ1v) is 7.21. The molecule has 0 aliphatic carbocycles. The molecule has 94 valence electrons. The minimum absolute atomic E-state index is 0.0168. The second-order valence-corrected chi connectivity index (χ2v) is 4.95. The van der Waals surface area contributed by atoms with Gasteiger partial charge in [0.2, 0.25) is 5.91 Å². The number of hydrogen-bond donors (Lipinski definition) is 1. The molecule has 0 aliphatic rings. The Hall–Kier alpha value is -1.09. The van der Waals surface area contributed by atoms with Crippen molar-refractivity contribution < 1.29 is 4.79 Å². The van der Waals surface area contributed by atoms with E-state index in [1.165, 1.54) is 0 Å². The smallest absolute Gasteiger partial charge is 0.244 e. The first-order chi connectivity index (χ1) is 8.26. The molecule has 17 heavy (non-hydrogen) atoms. The van der Waals surface area contributed by atoms with Crippen LogP contribution in [0, 0.1) is 0 Å². The lowest BCUT2D eigenvalue weighted by atomic mass is 10.1. The maximum Gasteiger partial charge on any atom is 0.244 e. The number of hydrogen-bond acceptors (Lipinski definition) is 2. The quantitative estimate of drug-likeness (QED) is 0.733. The average Bonchev–Trinajstić information content (AvgIpc) is 2.80. The molecule has 0 bridgehead atoms. The third-order valence-corrected chi connectivity index (χ3v) is 3.29. The highest BCUT2D eigenvalue weighted by Crippen LogP contribution is 2.08. The van der Waals surface area contributed by atoms with Crippen molar-refractivity contribution in [3.8, 4) is 0 Å². The zero-order valence-corrected chi connectivity index (χ0v) is 11.4. The summed E-state index contributed by atoms with van der Waals surface area (Å²) in [5.74, 6) is 0.0168.